The molecule has 2 heterocycles. The average Bonchev–Trinajstić information content (AvgIpc) is 2.78. The Hall–Kier alpha value is -3.47. The quantitative estimate of drug-likeness (QED) is 0.551. The number of nitrogens with zero attached hydrogens (tertiary/aromatic N) is 3. The maximum absolute atomic E-state index is 13.3. The molecule has 0 radical (unpaired) electrons. The zero-order valence-electron chi connectivity index (χ0n) is 20.6. The topological polar surface area (TPSA) is 123 Å². The predicted octanol–water partition coefficient (Wildman–Crippen LogP) is 0.606. The highest BCUT2D eigenvalue weighted by atomic mass is 16.6. The van der Waals surface area contributed by atoms with Crippen LogP contribution in [0.3, 0.4) is 0 Å². The van der Waals surface area contributed by atoms with Crippen LogP contribution in [-0.2, 0) is 33.4 Å². The van der Waals surface area contributed by atoms with Gasteiger partial charge in [0.25, 0.3) is 11.8 Å². The predicted molar refractivity (Wildman–Crippen MR) is 123 cm³/mol. The number of amides is 3. The van der Waals surface area contributed by atoms with Gasteiger partial charge in [-0.1, -0.05) is 6.07 Å². The Kier molecular flexibility index (Phi) is 7.79. The molecule has 1 aromatic rings. The number of likely N-dealkylation sites (N-methyl/N-ethyl adjacent to an activating group) is 1. The van der Waals surface area contributed by atoms with E-state index in [4.69, 9.17) is 14.2 Å². The van der Waals surface area contributed by atoms with Crippen LogP contribution < -0.4 is 4.90 Å². The lowest BCUT2D eigenvalue weighted by atomic mass is 10.1. The smallest absolute Gasteiger partial charge is 0.351 e. The number of hydrogen-bond donors (Lipinski definition) is 0. The Morgan fingerprint density at radius 3 is 2.46 bits per heavy atom. The molecule has 190 valence electrons. The number of esters is 2. The average molecular weight is 490 g/mol. The van der Waals surface area contributed by atoms with Gasteiger partial charge in [-0.3, -0.25) is 19.2 Å². The molecule has 2 saturated heterocycles. The molecule has 0 bridgehead atoms. The number of rotatable bonds is 5. The minimum absolute atomic E-state index is 0.0158. The summed E-state index contributed by atoms with van der Waals surface area (Å²) in [6.07, 6.45) is -2.99. The van der Waals surface area contributed by atoms with Gasteiger partial charge in [0.15, 0.2) is 6.10 Å². The number of benzene rings is 1. The molecule has 3 amide bonds. The van der Waals surface area contributed by atoms with E-state index in [1.165, 1.54) is 9.80 Å². The van der Waals surface area contributed by atoms with Crippen molar-refractivity contribution in [2.45, 2.75) is 45.5 Å². The van der Waals surface area contributed by atoms with Crippen LogP contribution in [0, 0.1) is 0 Å². The van der Waals surface area contributed by atoms with Crippen LogP contribution in [0.15, 0.2) is 24.3 Å². The first-order valence-corrected chi connectivity index (χ1v) is 11.3. The fourth-order valence-corrected chi connectivity index (χ4v) is 3.77. The van der Waals surface area contributed by atoms with Crippen molar-refractivity contribution in [1.29, 1.82) is 0 Å². The molecule has 0 spiro atoms. The van der Waals surface area contributed by atoms with E-state index >= 15 is 0 Å². The lowest BCUT2D eigenvalue weighted by Crippen LogP contribution is -2.56. The van der Waals surface area contributed by atoms with Gasteiger partial charge in [0, 0.05) is 44.9 Å². The third-order valence-electron chi connectivity index (χ3n) is 5.48. The highest BCUT2D eigenvalue weighted by Gasteiger charge is 2.44. The fraction of sp³-hybridized carbons (Fsp3) is 0.542. The summed E-state index contributed by atoms with van der Waals surface area (Å²) in [6, 6.07) is 6.45. The monoisotopic (exact) mass is 489 g/mol. The van der Waals surface area contributed by atoms with Gasteiger partial charge < -0.3 is 28.9 Å². The maximum atomic E-state index is 13.3. The van der Waals surface area contributed by atoms with E-state index in [9.17, 15) is 24.0 Å². The van der Waals surface area contributed by atoms with E-state index in [0.29, 0.717) is 24.3 Å². The molecule has 11 heteroatoms. The third-order valence-corrected chi connectivity index (χ3v) is 5.48. The van der Waals surface area contributed by atoms with Crippen molar-refractivity contribution < 1.29 is 38.2 Å². The summed E-state index contributed by atoms with van der Waals surface area (Å²) in [7, 11) is 1.69. The SMILES string of the molecule is CC(=O)O[C@@H](C(=O)OC(C)(C)C)[C@H]1OCCN(c2cccc(C(=O)N3CCN(C)C(=O)C3)c2)C1=O. The van der Waals surface area contributed by atoms with Gasteiger partial charge in [-0.05, 0) is 39.0 Å². The van der Waals surface area contributed by atoms with E-state index < -0.39 is 35.7 Å². The first-order chi connectivity index (χ1) is 16.4. The molecule has 2 fully saturated rings. The van der Waals surface area contributed by atoms with Crippen molar-refractivity contribution in [3.63, 3.8) is 0 Å². The van der Waals surface area contributed by atoms with Crippen LogP contribution in [-0.4, -0.2) is 97.1 Å². The molecule has 2 aliphatic rings. The number of carbonyl (C=O) groups excluding carboxylic acids is 5. The summed E-state index contributed by atoms with van der Waals surface area (Å²) in [5.74, 6) is -2.73. The molecule has 11 nitrogen and oxygen atoms in total. The van der Waals surface area contributed by atoms with Crippen molar-refractivity contribution in [2.24, 2.45) is 0 Å². The Morgan fingerprint density at radius 2 is 1.83 bits per heavy atom. The summed E-state index contributed by atoms with van der Waals surface area (Å²) in [5.41, 5.74) is -0.133. The summed E-state index contributed by atoms with van der Waals surface area (Å²) in [6.45, 7) is 7.16. The van der Waals surface area contributed by atoms with Crippen LogP contribution in [0.1, 0.15) is 38.1 Å². The molecular weight excluding hydrogens is 458 g/mol. The summed E-state index contributed by atoms with van der Waals surface area (Å²) >= 11 is 0. The summed E-state index contributed by atoms with van der Waals surface area (Å²) in [4.78, 5) is 67.1. The van der Waals surface area contributed by atoms with Gasteiger partial charge in [-0.25, -0.2) is 4.79 Å². The second kappa shape index (κ2) is 10.4. The van der Waals surface area contributed by atoms with E-state index in [1.807, 2.05) is 0 Å². The minimum Gasteiger partial charge on any atom is -0.457 e. The first-order valence-electron chi connectivity index (χ1n) is 11.3. The van der Waals surface area contributed by atoms with Crippen molar-refractivity contribution in [1.82, 2.24) is 9.80 Å². The van der Waals surface area contributed by atoms with Gasteiger partial charge >= 0.3 is 11.9 Å². The Balaban J connectivity index is 1.82. The zero-order valence-corrected chi connectivity index (χ0v) is 20.6. The molecule has 3 rings (SSSR count). The molecule has 0 N–H and O–H groups in total. The molecule has 2 aliphatic heterocycles. The van der Waals surface area contributed by atoms with Gasteiger partial charge in [-0.2, -0.15) is 0 Å². The molecule has 2 atom stereocenters. The number of anilines is 1. The lowest BCUT2D eigenvalue weighted by molar-refractivity contribution is -0.188. The van der Waals surface area contributed by atoms with Crippen LogP contribution >= 0.6 is 0 Å². The highest BCUT2D eigenvalue weighted by Crippen LogP contribution is 2.24. The van der Waals surface area contributed by atoms with Crippen LogP contribution in [0.2, 0.25) is 0 Å². The molecule has 1 aromatic carbocycles. The van der Waals surface area contributed by atoms with Crippen molar-refractivity contribution in [2.75, 3.05) is 44.7 Å². The summed E-state index contributed by atoms with van der Waals surface area (Å²) in [5, 5.41) is 0. The Morgan fingerprint density at radius 1 is 1.11 bits per heavy atom. The first kappa shape index (κ1) is 26.1. The Labute approximate surface area is 203 Å². The second-order valence-corrected chi connectivity index (χ2v) is 9.44. The number of ether oxygens (including phenoxy) is 3. The normalized spacial score (nSPS) is 19.9. The van der Waals surface area contributed by atoms with Crippen molar-refractivity contribution in [3.8, 4) is 0 Å². The molecule has 0 saturated carbocycles. The van der Waals surface area contributed by atoms with Crippen molar-refractivity contribution >= 4 is 35.3 Å². The van der Waals surface area contributed by atoms with Gasteiger partial charge in [-0.15, -0.1) is 0 Å². The molecule has 0 aliphatic carbocycles. The number of hydrogen-bond acceptors (Lipinski definition) is 8. The molecule has 0 aromatic heterocycles. The van der Waals surface area contributed by atoms with E-state index in [-0.39, 0.29) is 31.5 Å². The molecule has 35 heavy (non-hydrogen) atoms. The van der Waals surface area contributed by atoms with Crippen LogP contribution in [0.5, 0.6) is 0 Å². The zero-order chi connectivity index (χ0) is 25.9. The number of carbonyl (C=O) groups is 5. The molecular formula is C24H31N3O8. The number of piperazine rings is 1. The van der Waals surface area contributed by atoms with Gasteiger partial charge in [0.2, 0.25) is 12.0 Å². The highest BCUT2D eigenvalue weighted by molar-refractivity contribution is 6.03. The van der Waals surface area contributed by atoms with Crippen LogP contribution in [0.25, 0.3) is 0 Å². The largest absolute Gasteiger partial charge is 0.457 e. The van der Waals surface area contributed by atoms with Crippen LogP contribution in [0.4, 0.5) is 5.69 Å². The van der Waals surface area contributed by atoms with E-state index in [0.717, 1.165) is 6.92 Å². The minimum atomic E-state index is -1.58. The second-order valence-electron chi connectivity index (χ2n) is 9.44. The maximum Gasteiger partial charge on any atom is 0.351 e. The van der Waals surface area contributed by atoms with Crippen molar-refractivity contribution in [3.05, 3.63) is 29.8 Å². The van der Waals surface area contributed by atoms with E-state index in [2.05, 4.69) is 0 Å². The third kappa shape index (κ3) is 6.36. The van der Waals surface area contributed by atoms with Gasteiger partial charge in [0.05, 0.1) is 6.61 Å². The Bertz CT molecular complexity index is 1020. The fourth-order valence-electron chi connectivity index (χ4n) is 3.77. The molecule has 0 unspecified atom stereocenters. The summed E-state index contributed by atoms with van der Waals surface area (Å²) < 4.78 is 16.0. The number of morpholine rings is 1. The van der Waals surface area contributed by atoms with E-state index in [1.54, 1.807) is 57.0 Å². The van der Waals surface area contributed by atoms with Gasteiger partial charge in [0.1, 0.15) is 12.1 Å². The standard InChI is InChI=1S/C24H31N3O8/c1-15(28)34-20(23(32)35-24(2,3)4)19-22(31)27(11-12-33-19)17-8-6-7-16(13-17)21(30)26-10-9-25(5)18(29)14-26/h6-8,13,19-20H,9-12,14H2,1-5H3/t19-,20-/m1/s1. The lowest BCUT2D eigenvalue weighted by Gasteiger charge is -2.36.